The Morgan fingerprint density at radius 2 is 2.24 bits per heavy atom. The molecule has 0 bridgehead atoms. The summed E-state index contributed by atoms with van der Waals surface area (Å²) >= 11 is 6.08. The number of hydrogen-bond donors (Lipinski definition) is 2. The van der Waals surface area contributed by atoms with E-state index in [4.69, 9.17) is 16.3 Å². The molecule has 1 aromatic carbocycles. The molecule has 1 aliphatic heterocycles. The van der Waals surface area contributed by atoms with Crippen molar-refractivity contribution in [3.63, 3.8) is 0 Å². The van der Waals surface area contributed by atoms with Gasteiger partial charge < -0.3 is 15.4 Å². The van der Waals surface area contributed by atoms with Crippen LogP contribution in [0.2, 0.25) is 5.02 Å². The number of hydrogen-bond acceptors (Lipinski definition) is 3. The lowest BCUT2D eigenvalue weighted by Gasteiger charge is -2.11. The first kappa shape index (κ1) is 15.8. The van der Waals surface area contributed by atoms with Crippen LogP contribution in [0.15, 0.2) is 18.2 Å². The third kappa shape index (κ3) is 4.44. The minimum atomic E-state index is -0.215. The predicted octanol–water partition coefficient (Wildman–Crippen LogP) is 2.60. The van der Waals surface area contributed by atoms with Crippen molar-refractivity contribution in [2.75, 3.05) is 19.0 Å². The maximum absolute atomic E-state index is 11.9. The van der Waals surface area contributed by atoms with E-state index < -0.39 is 0 Å². The number of amides is 2. The van der Waals surface area contributed by atoms with Crippen LogP contribution in [0.4, 0.5) is 5.69 Å². The van der Waals surface area contributed by atoms with E-state index in [0.717, 1.165) is 25.9 Å². The lowest BCUT2D eigenvalue weighted by Crippen LogP contribution is -2.18. The lowest BCUT2D eigenvalue weighted by atomic mass is 10.1. The van der Waals surface area contributed by atoms with Crippen molar-refractivity contribution < 1.29 is 14.3 Å². The van der Waals surface area contributed by atoms with E-state index in [9.17, 15) is 9.59 Å². The molecule has 2 rings (SSSR count). The number of rotatable bonds is 5. The molecule has 1 unspecified atom stereocenters. The van der Waals surface area contributed by atoms with Gasteiger partial charge in [0.25, 0.3) is 5.91 Å². The minimum Gasteiger partial charge on any atom is -0.378 e. The highest BCUT2D eigenvalue weighted by molar-refractivity contribution is 6.34. The number of ether oxygens (including phenoxy) is 1. The van der Waals surface area contributed by atoms with Crippen molar-refractivity contribution in [2.45, 2.75) is 31.8 Å². The summed E-state index contributed by atoms with van der Waals surface area (Å²) in [6.07, 6.45) is 3.41. The van der Waals surface area contributed by atoms with Crippen LogP contribution in [-0.2, 0) is 9.53 Å². The quantitative estimate of drug-likeness (QED) is 0.878. The maximum atomic E-state index is 11.9. The summed E-state index contributed by atoms with van der Waals surface area (Å²) in [5.41, 5.74) is 0.974. The van der Waals surface area contributed by atoms with Crippen molar-refractivity contribution in [3.8, 4) is 0 Å². The Morgan fingerprint density at radius 3 is 2.86 bits per heavy atom. The molecule has 0 spiro atoms. The Balaban J connectivity index is 1.89. The first-order chi connectivity index (χ1) is 10.1. The average Bonchev–Trinajstić information content (AvgIpc) is 2.99. The smallest absolute Gasteiger partial charge is 0.251 e. The number of carbonyl (C=O) groups is 2. The zero-order chi connectivity index (χ0) is 15.2. The molecule has 0 aliphatic carbocycles. The fraction of sp³-hybridized carbons (Fsp3) is 0.467. The Morgan fingerprint density at radius 1 is 1.43 bits per heavy atom. The van der Waals surface area contributed by atoms with Gasteiger partial charge in [0.1, 0.15) is 0 Å². The standard InChI is InChI=1S/C15H19ClN2O3/c1-17-15(20)10-4-6-13(12(16)9-10)18-14(19)7-5-11-3-2-8-21-11/h4,6,9,11H,2-3,5,7-8H2,1H3,(H,17,20)(H,18,19). The molecular weight excluding hydrogens is 292 g/mol. The molecule has 1 fully saturated rings. The zero-order valence-electron chi connectivity index (χ0n) is 11.9. The molecule has 2 N–H and O–H groups in total. The fourth-order valence-corrected chi connectivity index (χ4v) is 2.51. The van der Waals surface area contributed by atoms with Crippen LogP contribution in [0.1, 0.15) is 36.0 Å². The summed E-state index contributed by atoms with van der Waals surface area (Å²) in [6, 6.07) is 4.80. The minimum absolute atomic E-state index is 0.0971. The highest BCUT2D eigenvalue weighted by Gasteiger charge is 2.17. The summed E-state index contributed by atoms with van der Waals surface area (Å²) in [5, 5.41) is 5.63. The molecule has 2 amide bonds. The van der Waals surface area contributed by atoms with Gasteiger partial charge in [0.15, 0.2) is 0 Å². The summed E-state index contributed by atoms with van der Waals surface area (Å²) in [5.74, 6) is -0.312. The van der Waals surface area contributed by atoms with E-state index in [1.54, 1.807) is 19.2 Å². The van der Waals surface area contributed by atoms with E-state index in [-0.39, 0.29) is 17.9 Å². The third-order valence-electron chi connectivity index (χ3n) is 3.45. The van der Waals surface area contributed by atoms with E-state index in [1.807, 2.05) is 0 Å². The van der Waals surface area contributed by atoms with Crippen molar-refractivity contribution in [2.24, 2.45) is 0 Å². The van der Waals surface area contributed by atoms with Crippen LogP contribution in [0.5, 0.6) is 0 Å². The molecule has 1 atom stereocenters. The molecule has 1 saturated heterocycles. The fourth-order valence-electron chi connectivity index (χ4n) is 2.28. The number of anilines is 1. The van der Waals surface area contributed by atoms with Crippen LogP contribution in [0.25, 0.3) is 0 Å². The molecule has 5 nitrogen and oxygen atoms in total. The van der Waals surface area contributed by atoms with Crippen LogP contribution >= 0.6 is 11.6 Å². The van der Waals surface area contributed by atoms with Crippen molar-refractivity contribution >= 4 is 29.1 Å². The second-order valence-corrected chi connectivity index (χ2v) is 5.40. The van der Waals surface area contributed by atoms with Crippen molar-refractivity contribution in [1.82, 2.24) is 5.32 Å². The van der Waals surface area contributed by atoms with Gasteiger partial charge in [0, 0.05) is 25.6 Å². The summed E-state index contributed by atoms with van der Waals surface area (Å²) < 4.78 is 5.48. The zero-order valence-corrected chi connectivity index (χ0v) is 12.7. The van der Waals surface area contributed by atoms with Gasteiger partial charge in [-0.15, -0.1) is 0 Å². The third-order valence-corrected chi connectivity index (χ3v) is 3.76. The maximum Gasteiger partial charge on any atom is 0.251 e. The monoisotopic (exact) mass is 310 g/mol. The van der Waals surface area contributed by atoms with Crippen LogP contribution in [0.3, 0.4) is 0 Å². The molecule has 21 heavy (non-hydrogen) atoms. The van der Waals surface area contributed by atoms with E-state index in [1.165, 1.54) is 6.07 Å². The molecule has 1 aromatic rings. The molecule has 0 saturated carbocycles. The van der Waals surface area contributed by atoms with Crippen molar-refractivity contribution in [1.29, 1.82) is 0 Å². The Bertz CT molecular complexity index is 528. The van der Waals surface area contributed by atoms with Gasteiger partial charge in [-0.2, -0.15) is 0 Å². The van der Waals surface area contributed by atoms with E-state index >= 15 is 0 Å². The second kappa shape index (κ2) is 7.43. The molecule has 0 aromatic heterocycles. The number of benzene rings is 1. The molecule has 114 valence electrons. The molecule has 1 aliphatic rings. The van der Waals surface area contributed by atoms with E-state index in [2.05, 4.69) is 10.6 Å². The largest absolute Gasteiger partial charge is 0.378 e. The molecule has 1 heterocycles. The Kier molecular flexibility index (Phi) is 5.59. The van der Waals surface area contributed by atoms with Gasteiger partial charge in [0.05, 0.1) is 16.8 Å². The Hall–Kier alpha value is -1.59. The molecular formula is C15H19ClN2O3. The van der Waals surface area contributed by atoms with Gasteiger partial charge in [-0.3, -0.25) is 9.59 Å². The van der Waals surface area contributed by atoms with Gasteiger partial charge in [0.2, 0.25) is 5.91 Å². The van der Waals surface area contributed by atoms with Crippen molar-refractivity contribution in [3.05, 3.63) is 28.8 Å². The lowest BCUT2D eigenvalue weighted by molar-refractivity contribution is -0.116. The first-order valence-electron chi connectivity index (χ1n) is 7.03. The van der Waals surface area contributed by atoms with Gasteiger partial charge >= 0.3 is 0 Å². The SMILES string of the molecule is CNC(=O)c1ccc(NC(=O)CCC2CCCO2)c(Cl)c1. The summed E-state index contributed by atoms with van der Waals surface area (Å²) in [6.45, 7) is 0.791. The van der Waals surface area contributed by atoms with E-state index in [0.29, 0.717) is 22.7 Å². The van der Waals surface area contributed by atoms with Gasteiger partial charge in [-0.05, 0) is 37.5 Å². The number of carbonyl (C=O) groups excluding carboxylic acids is 2. The topological polar surface area (TPSA) is 67.4 Å². The number of halogens is 1. The van der Waals surface area contributed by atoms with Gasteiger partial charge in [-0.1, -0.05) is 11.6 Å². The van der Waals surface area contributed by atoms with Crippen LogP contribution < -0.4 is 10.6 Å². The first-order valence-corrected chi connectivity index (χ1v) is 7.41. The Labute approximate surface area is 129 Å². The highest BCUT2D eigenvalue weighted by Crippen LogP contribution is 2.24. The normalized spacial score (nSPS) is 17.5. The van der Waals surface area contributed by atoms with Gasteiger partial charge in [-0.25, -0.2) is 0 Å². The molecule has 6 heteroatoms. The number of nitrogens with one attached hydrogen (secondary N) is 2. The average molecular weight is 311 g/mol. The molecule has 0 radical (unpaired) electrons. The van der Waals surface area contributed by atoms with Crippen LogP contribution in [0, 0.1) is 0 Å². The van der Waals surface area contributed by atoms with Crippen LogP contribution in [-0.4, -0.2) is 31.6 Å². The predicted molar refractivity (Wildman–Crippen MR) is 81.7 cm³/mol. The summed E-state index contributed by atoms with van der Waals surface area (Å²) in [7, 11) is 1.55. The summed E-state index contributed by atoms with van der Waals surface area (Å²) in [4.78, 5) is 23.4. The second-order valence-electron chi connectivity index (χ2n) is 5.00. The highest BCUT2D eigenvalue weighted by atomic mass is 35.5.